The van der Waals surface area contributed by atoms with Gasteiger partial charge in [0.25, 0.3) is 0 Å². The number of nitrogens with zero attached hydrogens (tertiary/aromatic N) is 1. The maximum Gasteiger partial charge on any atom is 0.228 e. The minimum atomic E-state index is 0.0593. The predicted molar refractivity (Wildman–Crippen MR) is 63.6 cm³/mol. The zero-order valence-corrected chi connectivity index (χ0v) is 11.1. The van der Waals surface area contributed by atoms with Crippen LogP contribution in [0.2, 0.25) is 0 Å². The van der Waals surface area contributed by atoms with E-state index in [2.05, 4.69) is 15.9 Å². The van der Waals surface area contributed by atoms with Crippen molar-refractivity contribution in [3.63, 3.8) is 0 Å². The molecule has 0 radical (unpaired) electrons. The van der Waals surface area contributed by atoms with Crippen LogP contribution in [0.25, 0.3) is 0 Å². The molecular weight excluding hydrogens is 274 g/mol. The summed E-state index contributed by atoms with van der Waals surface area (Å²) in [7, 11) is 0. The van der Waals surface area contributed by atoms with Crippen LogP contribution in [-0.4, -0.2) is 54.6 Å². The highest BCUT2D eigenvalue weighted by Crippen LogP contribution is 2.22. The van der Waals surface area contributed by atoms with Crippen LogP contribution in [0.3, 0.4) is 0 Å². The van der Waals surface area contributed by atoms with Gasteiger partial charge in [0, 0.05) is 18.4 Å². The SMILES string of the molecule is CC1CC(C(=O)N2CCOC(CBr)C2)CO1. The van der Waals surface area contributed by atoms with E-state index in [1.54, 1.807) is 0 Å². The summed E-state index contributed by atoms with van der Waals surface area (Å²) < 4.78 is 11.0. The van der Waals surface area contributed by atoms with Crippen molar-refractivity contribution in [3.8, 4) is 0 Å². The number of morpholine rings is 1. The average Bonchev–Trinajstić information content (AvgIpc) is 2.75. The predicted octanol–water partition coefficient (Wildman–Crippen LogP) is 1.03. The van der Waals surface area contributed by atoms with E-state index in [0.717, 1.165) is 11.8 Å². The van der Waals surface area contributed by atoms with Crippen molar-refractivity contribution in [2.45, 2.75) is 25.6 Å². The molecule has 16 heavy (non-hydrogen) atoms. The van der Waals surface area contributed by atoms with Crippen molar-refractivity contribution < 1.29 is 14.3 Å². The molecule has 2 fully saturated rings. The Morgan fingerprint density at radius 3 is 2.94 bits per heavy atom. The Morgan fingerprint density at radius 2 is 2.31 bits per heavy atom. The molecule has 2 saturated heterocycles. The second-order valence-electron chi connectivity index (χ2n) is 4.51. The zero-order valence-electron chi connectivity index (χ0n) is 9.52. The molecular formula is C11H18BrNO3. The molecule has 92 valence electrons. The summed E-state index contributed by atoms with van der Waals surface area (Å²) in [6, 6.07) is 0. The zero-order chi connectivity index (χ0) is 11.5. The molecule has 0 aliphatic carbocycles. The van der Waals surface area contributed by atoms with Gasteiger partial charge in [0.15, 0.2) is 0 Å². The van der Waals surface area contributed by atoms with E-state index in [9.17, 15) is 4.79 Å². The lowest BCUT2D eigenvalue weighted by atomic mass is 10.0. The summed E-state index contributed by atoms with van der Waals surface area (Å²) in [6.07, 6.45) is 1.22. The standard InChI is InChI=1S/C11H18BrNO3/c1-8-4-9(7-16-8)11(14)13-2-3-15-10(5-12)6-13/h8-10H,2-7H2,1H3. The van der Waals surface area contributed by atoms with E-state index in [1.165, 1.54) is 0 Å². The van der Waals surface area contributed by atoms with Crippen molar-refractivity contribution in [1.82, 2.24) is 4.90 Å². The van der Waals surface area contributed by atoms with Gasteiger partial charge in [-0.25, -0.2) is 0 Å². The lowest BCUT2D eigenvalue weighted by molar-refractivity contribution is -0.142. The minimum absolute atomic E-state index is 0.0593. The number of carbonyl (C=O) groups is 1. The van der Waals surface area contributed by atoms with Gasteiger partial charge >= 0.3 is 0 Å². The monoisotopic (exact) mass is 291 g/mol. The quantitative estimate of drug-likeness (QED) is 0.714. The first-order chi connectivity index (χ1) is 7.70. The van der Waals surface area contributed by atoms with Gasteiger partial charge in [0.05, 0.1) is 31.3 Å². The van der Waals surface area contributed by atoms with Crippen LogP contribution in [0.5, 0.6) is 0 Å². The smallest absolute Gasteiger partial charge is 0.228 e. The Morgan fingerprint density at radius 1 is 1.50 bits per heavy atom. The molecule has 2 aliphatic rings. The van der Waals surface area contributed by atoms with E-state index in [4.69, 9.17) is 9.47 Å². The van der Waals surface area contributed by atoms with E-state index in [0.29, 0.717) is 26.3 Å². The van der Waals surface area contributed by atoms with Gasteiger partial charge in [-0.1, -0.05) is 15.9 Å². The van der Waals surface area contributed by atoms with E-state index >= 15 is 0 Å². The van der Waals surface area contributed by atoms with E-state index in [-0.39, 0.29) is 24.0 Å². The molecule has 0 N–H and O–H groups in total. The normalized spacial score (nSPS) is 35.4. The Hall–Kier alpha value is -0.130. The average molecular weight is 292 g/mol. The summed E-state index contributed by atoms with van der Waals surface area (Å²) in [4.78, 5) is 14.1. The number of hydrogen-bond donors (Lipinski definition) is 0. The van der Waals surface area contributed by atoms with Crippen molar-refractivity contribution in [2.24, 2.45) is 5.92 Å². The molecule has 2 heterocycles. The van der Waals surface area contributed by atoms with Crippen LogP contribution in [0.15, 0.2) is 0 Å². The number of amides is 1. The van der Waals surface area contributed by atoms with Crippen LogP contribution < -0.4 is 0 Å². The summed E-state index contributed by atoms with van der Waals surface area (Å²) in [5.41, 5.74) is 0. The second kappa shape index (κ2) is 5.47. The molecule has 3 atom stereocenters. The molecule has 5 heteroatoms. The minimum Gasteiger partial charge on any atom is -0.378 e. The highest BCUT2D eigenvalue weighted by atomic mass is 79.9. The van der Waals surface area contributed by atoms with Gasteiger partial charge in [-0.05, 0) is 13.3 Å². The molecule has 0 bridgehead atoms. The van der Waals surface area contributed by atoms with Gasteiger partial charge in [0.1, 0.15) is 0 Å². The number of ether oxygens (including phenoxy) is 2. The topological polar surface area (TPSA) is 38.8 Å². The molecule has 0 aromatic rings. The third-order valence-electron chi connectivity index (χ3n) is 3.17. The summed E-state index contributed by atoms with van der Waals surface area (Å²) in [6.45, 7) is 4.66. The first-order valence-electron chi connectivity index (χ1n) is 5.78. The third kappa shape index (κ3) is 2.76. The van der Waals surface area contributed by atoms with Gasteiger partial charge in [-0.15, -0.1) is 0 Å². The van der Waals surface area contributed by atoms with Crippen LogP contribution >= 0.6 is 15.9 Å². The fraction of sp³-hybridized carbons (Fsp3) is 0.909. The number of halogens is 1. The molecule has 0 aromatic carbocycles. The number of hydrogen-bond acceptors (Lipinski definition) is 3. The van der Waals surface area contributed by atoms with Crippen LogP contribution in [0, 0.1) is 5.92 Å². The Bertz CT molecular complexity index is 262. The maximum absolute atomic E-state index is 12.2. The molecule has 2 rings (SSSR count). The Labute approximate surface area is 104 Å². The molecule has 0 saturated carbocycles. The molecule has 4 nitrogen and oxygen atoms in total. The summed E-state index contributed by atoms with van der Waals surface area (Å²) in [5, 5.41) is 0.786. The Kier molecular flexibility index (Phi) is 4.21. The van der Waals surface area contributed by atoms with Gasteiger partial charge < -0.3 is 14.4 Å². The van der Waals surface area contributed by atoms with Gasteiger partial charge in [0.2, 0.25) is 5.91 Å². The number of alkyl halides is 1. The molecule has 1 amide bonds. The van der Waals surface area contributed by atoms with Crippen molar-refractivity contribution >= 4 is 21.8 Å². The fourth-order valence-electron chi connectivity index (χ4n) is 2.26. The fourth-order valence-corrected chi connectivity index (χ4v) is 2.65. The first kappa shape index (κ1) is 12.3. The number of rotatable bonds is 2. The molecule has 2 aliphatic heterocycles. The largest absolute Gasteiger partial charge is 0.378 e. The summed E-state index contributed by atoms with van der Waals surface area (Å²) in [5.74, 6) is 0.294. The van der Waals surface area contributed by atoms with Gasteiger partial charge in [-0.3, -0.25) is 4.79 Å². The maximum atomic E-state index is 12.2. The lowest BCUT2D eigenvalue weighted by Gasteiger charge is -2.33. The van der Waals surface area contributed by atoms with Crippen molar-refractivity contribution in [3.05, 3.63) is 0 Å². The highest BCUT2D eigenvalue weighted by Gasteiger charge is 2.33. The third-order valence-corrected chi connectivity index (χ3v) is 3.89. The number of carbonyl (C=O) groups excluding carboxylic acids is 1. The van der Waals surface area contributed by atoms with Crippen molar-refractivity contribution in [1.29, 1.82) is 0 Å². The first-order valence-corrected chi connectivity index (χ1v) is 6.90. The molecule has 3 unspecified atom stereocenters. The lowest BCUT2D eigenvalue weighted by Crippen LogP contribution is -2.48. The van der Waals surface area contributed by atoms with Crippen LogP contribution in [0.4, 0.5) is 0 Å². The molecule has 0 aromatic heterocycles. The van der Waals surface area contributed by atoms with Gasteiger partial charge in [-0.2, -0.15) is 0 Å². The second-order valence-corrected chi connectivity index (χ2v) is 5.16. The summed E-state index contributed by atoms with van der Waals surface area (Å²) >= 11 is 3.39. The van der Waals surface area contributed by atoms with E-state index < -0.39 is 0 Å². The molecule has 0 spiro atoms. The van der Waals surface area contributed by atoms with Crippen LogP contribution in [-0.2, 0) is 14.3 Å². The Balaban J connectivity index is 1.89. The highest BCUT2D eigenvalue weighted by molar-refractivity contribution is 9.09. The van der Waals surface area contributed by atoms with Crippen LogP contribution in [0.1, 0.15) is 13.3 Å². The van der Waals surface area contributed by atoms with E-state index in [1.807, 2.05) is 11.8 Å². The van der Waals surface area contributed by atoms with Crippen molar-refractivity contribution in [2.75, 3.05) is 31.6 Å².